The Hall–Kier alpha value is -2.17. The molecule has 0 heterocycles. The molecule has 0 unspecified atom stereocenters. The third-order valence-corrected chi connectivity index (χ3v) is 2.76. The zero-order valence-corrected chi connectivity index (χ0v) is 11.6. The number of carbonyl (C=O) groups excluding carboxylic acids is 1. The number of nitro groups is 1. The molecule has 1 rings (SSSR count). The van der Waals surface area contributed by atoms with E-state index in [9.17, 15) is 14.9 Å². The molecule has 0 bridgehead atoms. The highest BCUT2D eigenvalue weighted by molar-refractivity contribution is 5.87. The molecule has 0 radical (unpaired) electrons. The molecule has 20 heavy (non-hydrogen) atoms. The molecule has 1 aromatic carbocycles. The Morgan fingerprint density at radius 3 is 2.55 bits per heavy atom. The summed E-state index contributed by atoms with van der Waals surface area (Å²) in [6.07, 6.45) is 7.16. The molecular formula is C15H19NO4. The lowest BCUT2D eigenvalue weighted by Gasteiger charge is -2.01. The minimum Gasteiger partial charge on any atom is -0.463 e. The first-order chi connectivity index (χ1) is 9.63. The second kappa shape index (κ2) is 8.85. The van der Waals surface area contributed by atoms with Gasteiger partial charge in [-0.1, -0.05) is 26.2 Å². The number of nitro benzene ring substituents is 1. The maximum absolute atomic E-state index is 11.4. The number of hydrogen-bond acceptors (Lipinski definition) is 4. The fourth-order valence-corrected chi connectivity index (χ4v) is 1.62. The highest BCUT2D eigenvalue weighted by Crippen LogP contribution is 2.12. The van der Waals surface area contributed by atoms with Gasteiger partial charge in [0.2, 0.25) is 0 Å². The van der Waals surface area contributed by atoms with Crippen LogP contribution in [0.15, 0.2) is 30.3 Å². The van der Waals surface area contributed by atoms with Gasteiger partial charge in [-0.2, -0.15) is 0 Å². The highest BCUT2D eigenvalue weighted by atomic mass is 16.6. The van der Waals surface area contributed by atoms with Gasteiger partial charge in [0.05, 0.1) is 11.5 Å². The molecule has 108 valence electrons. The molecule has 5 heteroatoms. The average Bonchev–Trinajstić information content (AvgIpc) is 2.45. The van der Waals surface area contributed by atoms with Gasteiger partial charge in [0, 0.05) is 18.2 Å². The van der Waals surface area contributed by atoms with Crippen molar-refractivity contribution in [1.82, 2.24) is 0 Å². The van der Waals surface area contributed by atoms with Gasteiger partial charge in [-0.05, 0) is 30.2 Å². The lowest BCUT2D eigenvalue weighted by Crippen LogP contribution is -2.02. The number of esters is 1. The summed E-state index contributed by atoms with van der Waals surface area (Å²) in [4.78, 5) is 21.4. The van der Waals surface area contributed by atoms with Crippen molar-refractivity contribution in [2.75, 3.05) is 6.61 Å². The predicted octanol–water partition coefficient (Wildman–Crippen LogP) is 3.73. The zero-order valence-electron chi connectivity index (χ0n) is 11.6. The normalized spacial score (nSPS) is 10.7. The van der Waals surface area contributed by atoms with E-state index in [1.54, 1.807) is 18.2 Å². The Balaban J connectivity index is 2.35. The van der Waals surface area contributed by atoms with E-state index < -0.39 is 4.92 Å². The molecular weight excluding hydrogens is 258 g/mol. The summed E-state index contributed by atoms with van der Waals surface area (Å²) in [5.74, 6) is -0.389. The summed E-state index contributed by atoms with van der Waals surface area (Å²) in [5, 5.41) is 10.5. The summed E-state index contributed by atoms with van der Waals surface area (Å²) in [7, 11) is 0. The van der Waals surface area contributed by atoms with Crippen LogP contribution in [-0.4, -0.2) is 17.5 Å². The van der Waals surface area contributed by atoms with Crippen molar-refractivity contribution in [3.8, 4) is 0 Å². The summed E-state index contributed by atoms with van der Waals surface area (Å²) in [5.41, 5.74) is 0.749. The first kappa shape index (κ1) is 15.9. The summed E-state index contributed by atoms with van der Waals surface area (Å²) < 4.78 is 5.04. The fourth-order valence-electron chi connectivity index (χ4n) is 1.62. The van der Waals surface area contributed by atoms with Crippen LogP contribution in [0.3, 0.4) is 0 Å². The second-order valence-corrected chi connectivity index (χ2v) is 4.41. The quantitative estimate of drug-likeness (QED) is 0.239. The number of carbonyl (C=O) groups is 1. The predicted molar refractivity (Wildman–Crippen MR) is 77.2 cm³/mol. The zero-order chi connectivity index (χ0) is 14.8. The van der Waals surface area contributed by atoms with Crippen LogP contribution < -0.4 is 0 Å². The Morgan fingerprint density at radius 1 is 1.25 bits per heavy atom. The van der Waals surface area contributed by atoms with Crippen LogP contribution >= 0.6 is 0 Å². The minimum atomic E-state index is -0.460. The van der Waals surface area contributed by atoms with E-state index >= 15 is 0 Å². The number of rotatable bonds is 8. The molecule has 0 atom stereocenters. The van der Waals surface area contributed by atoms with Crippen molar-refractivity contribution in [2.45, 2.75) is 32.6 Å². The van der Waals surface area contributed by atoms with Gasteiger partial charge in [-0.15, -0.1) is 0 Å². The van der Waals surface area contributed by atoms with E-state index in [4.69, 9.17) is 4.74 Å². The van der Waals surface area contributed by atoms with Crippen LogP contribution in [-0.2, 0) is 9.53 Å². The van der Waals surface area contributed by atoms with Crippen molar-refractivity contribution in [3.63, 3.8) is 0 Å². The van der Waals surface area contributed by atoms with Gasteiger partial charge < -0.3 is 4.74 Å². The van der Waals surface area contributed by atoms with Gasteiger partial charge in [0.1, 0.15) is 0 Å². The van der Waals surface area contributed by atoms with Gasteiger partial charge in [-0.25, -0.2) is 4.79 Å². The molecule has 0 saturated heterocycles. The summed E-state index contributed by atoms with van der Waals surface area (Å²) in [6.45, 7) is 2.56. The van der Waals surface area contributed by atoms with E-state index in [1.807, 2.05) is 0 Å². The van der Waals surface area contributed by atoms with Crippen molar-refractivity contribution < 1.29 is 14.5 Å². The summed E-state index contributed by atoms with van der Waals surface area (Å²) in [6, 6.07) is 5.97. The molecule has 0 aliphatic carbocycles. The molecule has 0 aliphatic rings. The SMILES string of the molecule is CCCCCCOC(=O)/C=C/c1ccc([N+](=O)[O-])cc1. The van der Waals surface area contributed by atoms with Crippen molar-refractivity contribution in [3.05, 3.63) is 46.0 Å². The van der Waals surface area contributed by atoms with Gasteiger partial charge >= 0.3 is 5.97 Å². The molecule has 0 aliphatic heterocycles. The van der Waals surface area contributed by atoms with Gasteiger partial charge in [0.25, 0.3) is 5.69 Å². The van der Waals surface area contributed by atoms with E-state index in [0.717, 1.165) is 31.2 Å². The number of hydrogen-bond donors (Lipinski definition) is 0. The topological polar surface area (TPSA) is 69.4 Å². The van der Waals surface area contributed by atoms with Crippen LogP contribution in [0.2, 0.25) is 0 Å². The minimum absolute atomic E-state index is 0.0284. The fraction of sp³-hybridized carbons (Fsp3) is 0.400. The smallest absolute Gasteiger partial charge is 0.330 e. The third kappa shape index (κ3) is 6.13. The number of benzene rings is 1. The molecule has 0 N–H and O–H groups in total. The summed E-state index contributed by atoms with van der Waals surface area (Å²) >= 11 is 0. The molecule has 0 fully saturated rings. The Morgan fingerprint density at radius 2 is 1.95 bits per heavy atom. The molecule has 5 nitrogen and oxygen atoms in total. The first-order valence-corrected chi connectivity index (χ1v) is 6.72. The van der Waals surface area contributed by atoms with Crippen LogP contribution in [0.25, 0.3) is 6.08 Å². The Kier molecular flexibility index (Phi) is 7.03. The Labute approximate surface area is 118 Å². The molecule has 0 aromatic heterocycles. The maximum atomic E-state index is 11.4. The number of non-ortho nitro benzene ring substituents is 1. The van der Waals surface area contributed by atoms with Crippen molar-refractivity contribution in [1.29, 1.82) is 0 Å². The second-order valence-electron chi connectivity index (χ2n) is 4.41. The van der Waals surface area contributed by atoms with Crippen LogP contribution in [0, 0.1) is 10.1 Å². The van der Waals surface area contributed by atoms with E-state index in [2.05, 4.69) is 6.92 Å². The highest BCUT2D eigenvalue weighted by Gasteiger charge is 2.02. The standard InChI is InChI=1S/C15H19NO4/c1-2-3-4-5-12-20-15(17)11-8-13-6-9-14(10-7-13)16(18)19/h6-11H,2-5,12H2,1H3/b11-8+. The third-order valence-electron chi connectivity index (χ3n) is 2.76. The monoisotopic (exact) mass is 277 g/mol. The molecule has 0 amide bonds. The number of ether oxygens (including phenoxy) is 1. The van der Waals surface area contributed by atoms with Gasteiger partial charge in [0.15, 0.2) is 0 Å². The molecule has 1 aromatic rings. The number of nitrogens with zero attached hydrogens (tertiary/aromatic N) is 1. The van der Waals surface area contributed by atoms with Crippen molar-refractivity contribution >= 4 is 17.7 Å². The van der Waals surface area contributed by atoms with E-state index in [0.29, 0.717) is 6.61 Å². The van der Waals surface area contributed by atoms with Crippen LogP contribution in [0.5, 0.6) is 0 Å². The molecule has 0 spiro atoms. The van der Waals surface area contributed by atoms with E-state index in [1.165, 1.54) is 18.2 Å². The van der Waals surface area contributed by atoms with Crippen LogP contribution in [0.1, 0.15) is 38.2 Å². The average molecular weight is 277 g/mol. The first-order valence-electron chi connectivity index (χ1n) is 6.72. The van der Waals surface area contributed by atoms with E-state index in [-0.39, 0.29) is 11.7 Å². The lowest BCUT2D eigenvalue weighted by atomic mass is 10.2. The lowest BCUT2D eigenvalue weighted by molar-refractivity contribution is -0.384. The number of unbranched alkanes of at least 4 members (excludes halogenated alkanes) is 3. The largest absolute Gasteiger partial charge is 0.463 e. The maximum Gasteiger partial charge on any atom is 0.330 e. The van der Waals surface area contributed by atoms with Crippen molar-refractivity contribution in [2.24, 2.45) is 0 Å². The molecule has 0 saturated carbocycles. The van der Waals surface area contributed by atoms with Crippen LogP contribution in [0.4, 0.5) is 5.69 Å². The Bertz CT molecular complexity index is 465. The van der Waals surface area contributed by atoms with Gasteiger partial charge in [-0.3, -0.25) is 10.1 Å².